The molecule has 0 aliphatic heterocycles. The van der Waals surface area contributed by atoms with Gasteiger partial charge in [0.25, 0.3) is 0 Å². The highest BCUT2D eigenvalue weighted by Crippen LogP contribution is 2.37. The Bertz CT molecular complexity index is 730. The molecule has 0 aliphatic rings. The summed E-state index contributed by atoms with van der Waals surface area (Å²) in [4.78, 5) is 0. The smallest absolute Gasteiger partial charge is 0.140 e. The normalized spacial score (nSPS) is 13.9. The number of rotatable bonds is 3. The Morgan fingerprint density at radius 2 is 1.52 bits per heavy atom. The van der Waals surface area contributed by atoms with E-state index < -0.39 is 5.60 Å². The lowest BCUT2D eigenvalue weighted by Gasteiger charge is -2.24. The monoisotopic (exact) mass is 279 g/mol. The molecule has 1 N–H and O–H groups in total. The fraction of sp³-hybridized carbons (Fsp3) is 0.167. The van der Waals surface area contributed by atoms with Crippen LogP contribution in [0.15, 0.2) is 65.2 Å². The van der Waals surface area contributed by atoms with Crippen LogP contribution in [-0.4, -0.2) is 10.3 Å². The molecule has 0 saturated carbocycles. The SMILES string of the molecule is Cc1onc(-c2ccccc2)c1[C@@](C)(O)c1ccccc1. The van der Waals surface area contributed by atoms with E-state index in [4.69, 9.17) is 4.52 Å². The molecule has 1 atom stereocenters. The Labute approximate surface area is 123 Å². The first-order chi connectivity index (χ1) is 10.1. The van der Waals surface area contributed by atoms with Gasteiger partial charge in [-0.25, -0.2) is 0 Å². The summed E-state index contributed by atoms with van der Waals surface area (Å²) in [6, 6.07) is 19.3. The molecule has 3 rings (SSSR count). The highest BCUT2D eigenvalue weighted by molar-refractivity contribution is 5.65. The molecule has 3 aromatic rings. The van der Waals surface area contributed by atoms with Crippen molar-refractivity contribution in [3.63, 3.8) is 0 Å². The predicted molar refractivity (Wildman–Crippen MR) is 81.8 cm³/mol. The molecular formula is C18H17NO2. The van der Waals surface area contributed by atoms with Crippen LogP contribution in [-0.2, 0) is 5.60 Å². The van der Waals surface area contributed by atoms with E-state index in [1.165, 1.54) is 0 Å². The minimum Gasteiger partial charge on any atom is -0.380 e. The lowest BCUT2D eigenvalue weighted by Crippen LogP contribution is -2.24. The van der Waals surface area contributed by atoms with Gasteiger partial charge in [0.1, 0.15) is 17.1 Å². The molecule has 3 nitrogen and oxygen atoms in total. The zero-order valence-electron chi connectivity index (χ0n) is 12.1. The van der Waals surface area contributed by atoms with Crippen molar-refractivity contribution < 1.29 is 9.63 Å². The molecule has 1 aromatic heterocycles. The highest BCUT2D eigenvalue weighted by Gasteiger charge is 2.33. The molecule has 0 fully saturated rings. The average Bonchev–Trinajstić information content (AvgIpc) is 2.91. The first-order valence-corrected chi connectivity index (χ1v) is 6.91. The Hall–Kier alpha value is -2.39. The molecule has 1 heterocycles. The highest BCUT2D eigenvalue weighted by atomic mass is 16.5. The van der Waals surface area contributed by atoms with Crippen LogP contribution in [0.5, 0.6) is 0 Å². The largest absolute Gasteiger partial charge is 0.380 e. The van der Waals surface area contributed by atoms with E-state index in [9.17, 15) is 5.11 Å². The van der Waals surface area contributed by atoms with E-state index >= 15 is 0 Å². The van der Waals surface area contributed by atoms with E-state index in [1.807, 2.05) is 67.6 Å². The first-order valence-electron chi connectivity index (χ1n) is 6.91. The topological polar surface area (TPSA) is 46.3 Å². The predicted octanol–water partition coefficient (Wildman–Crippen LogP) is 3.91. The Kier molecular flexibility index (Phi) is 3.35. The molecule has 0 aliphatic carbocycles. The van der Waals surface area contributed by atoms with Crippen molar-refractivity contribution in [2.75, 3.05) is 0 Å². The van der Waals surface area contributed by atoms with Gasteiger partial charge in [0.15, 0.2) is 0 Å². The van der Waals surface area contributed by atoms with Crippen LogP contribution in [0.1, 0.15) is 23.8 Å². The van der Waals surface area contributed by atoms with E-state index in [1.54, 1.807) is 6.92 Å². The molecule has 0 bridgehead atoms. The van der Waals surface area contributed by atoms with Crippen molar-refractivity contribution in [1.29, 1.82) is 0 Å². The lowest BCUT2D eigenvalue weighted by molar-refractivity contribution is 0.101. The summed E-state index contributed by atoms with van der Waals surface area (Å²) >= 11 is 0. The van der Waals surface area contributed by atoms with Gasteiger partial charge in [-0.15, -0.1) is 0 Å². The Morgan fingerprint density at radius 3 is 2.14 bits per heavy atom. The fourth-order valence-corrected chi connectivity index (χ4v) is 2.65. The van der Waals surface area contributed by atoms with Crippen LogP contribution < -0.4 is 0 Å². The number of nitrogens with zero attached hydrogens (tertiary/aromatic N) is 1. The summed E-state index contributed by atoms with van der Waals surface area (Å²) in [5.74, 6) is 0.628. The van der Waals surface area contributed by atoms with Crippen molar-refractivity contribution in [1.82, 2.24) is 5.16 Å². The van der Waals surface area contributed by atoms with E-state index in [0.717, 1.165) is 11.1 Å². The van der Waals surface area contributed by atoms with Crippen molar-refractivity contribution in [2.24, 2.45) is 0 Å². The third kappa shape index (κ3) is 2.36. The average molecular weight is 279 g/mol. The standard InChI is InChI=1S/C18H17NO2/c1-13-16(18(2,20)15-11-7-4-8-12-15)17(19-21-13)14-9-5-3-6-10-14/h3-12,20H,1-2H3/t18-/m0/s1. The number of aromatic nitrogens is 1. The van der Waals surface area contributed by atoms with Gasteiger partial charge in [-0.05, 0) is 19.4 Å². The third-order valence-electron chi connectivity index (χ3n) is 3.73. The molecule has 3 heteroatoms. The summed E-state index contributed by atoms with van der Waals surface area (Å²) in [6.07, 6.45) is 0. The zero-order chi connectivity index (χ0) is 14.9. The maximum atomic E-state index is 11.1. The van der Waals surface area contributed by atoms with Crippen molar-refractivity contribution in [3.8, 4) is 11.3 Å². The summed E-state index contributed by atoms with van der Waals surface area (Å²) in [5.41, 5.74) is 1.98. The van der Waals surface area contributed by atoms with Crippen LogP contribution in [0, 0.1) is 6.92 Å². The second kappa shape index (κ2) is 5.19. The molecule has 0 spiro atoms. The van der Waals surface area contributed by atoms with Gasteiger partial charge in [-0.1, -0.05) is 65.8 Å². The zero-order valence-corrected chi connectivity index (χ0v) is 12.1. The Balaban J connectivity index is 2.17. The molecular weight excluding hydrogens is 262 g/mol. The van der Waals surface area contributed by atoms with Crippen LogP contribution in [0.2, 0.25) is 0 Å². The summed E-state index contributed by atoms with van der Waals surface area (Å²) in [5, 5.41) is 15.2. The second-order valence-electron chi connectivity index (χ2n) is 5.27. The summed E-state index contributed by atoms with van der Waals surface area (Å²) in [6.45, 7) is 3.60. The van der Waals surface area contributed by atoms with Gasteiger partial charge in [0, 0.05) is 5.56 Å². The quantitative estimate of drug-likeness (QED) is 0.790. The maximum Gasteiger partial charge on any atom is 0.140 e. The number of hydrogen-bond acceptors (Lipinski definition) is 3. The van der Waals surface area contributed by atoms with Gasteiger partial charge in [0.05, 0.1) is 5.56 Å². The first kappa shape index (κ1) is 13.6. The van der Waals surface area contributed by atoms with Crippen molar-refractivity contribution >= 4 is 0 Å². The van der Waals surface area contributed by atoms with Gasteiger partial charge in [-0.3, -0.25) is 0 Å². The molecule has 21 heavy (non-hydrogen) atoms. The molecule has 0 saturated heterocycles. The van der Waals surface area contributed by atoms with Gasteiger partial charge in [-0.2, -0.15) is 0 Å². The van der Waals surface area contributed by atoms with E-state index in [0.29, 0.717) is 17.0 Å². The number of aliphatic hydroxyl groups is 1. The summed E-state index contributed by atoms with van der Waals surface area (Å²) in [7, 11) is 0. The molecule has 0 radical (unpaired) electrons. The number of aryl methyl sites for hydroxylation is 1. The number of hydrogen-bond donors (Lipinski definition) is 1. The number of benzene rings is 2. The second-order valence-corrected chi connectivity index (χ2v) is 5.27. The van der Waals surface area contributed by atoms with Gasteiger partial charge < -0.3 is 9.63 Å². The van der Waals surface area contributed by atoms with Gasteiger partial charge in [0.2, 0.25) is 0 Å². The van der Waals surface area contributed by atoms with E-state index in [-0.39, 0.29) is 0 Å². The molecule has 2 aromatic carbocycles. The van der Waals surface area contributed by atoms with Crippen LogP contribution in [0.25, 0.3) is 11.3 Å². The Morgan fingerprint density at radius 1 is 0.952 bits per heavy atom. The van der Waals surface area contributed by atoms with Crippen LogP contribution in [0.4, 0.5) is 0 Å². The molecule has 106 valence electrons. The van der Waals surface area contributed by atoms with Crippen LogP contribution in [0.3, 0.4) is 0 Å². The van der Waals surface area contributed by atoms with Crippen molar-refractivity contribution in [2.45, 2.75) is 19.4 Å². The fourth-order valence-electron chi connectivity index (χ4n) is 2.65. The van der Waals surface area contributed by atoms with Crippen molar-refractivity contribution in [3.05, 3.63) is 77.6 Å². The van der Waals surface area contributed by atoms with Crippen LogP contribution >= 0.6 is 0 Å². The third-order valence-corrected chi connectivity index (χ3v) is 3.73. The minimum atomic E-state index is -1.16. The molecule has 0 unspecified atom stereocenters. The van der Waals surface area contributed by atoms with Gasteiger partial charge >= 0.3 is 0 Å². The maximum absolute atomic E-state index is 11.1. The lowest BCUT2D eigenvalue weighted by atomic mass is 9.85. The van der Waals surface area contributed by atoms with E-state index in [2.05, 4.69) is 5.16 Å². The molecule has 0 amide bonds. The summed E-state index contributed by atoms with van der Waals surface area (Å²) < 4.78 is 5.35. The minimum absolute atomic E-state index is 0.628.